The fraction of sp³-hybridized carbons (Fsp3) is 0.350. The molecule has 0 heterocycles. The summed E-state index contributed by atoms with van der Waals surface area (Å²) in [5.74, 6) is 0.570. The van der Waals surface area contributed by atoms with Gasteiger partial charge >= 0.3 is 0 Å². The third-order valence-electron chi connectivity index (χ3n) is 3.99. The Balaban J connectivity index is 1.68. The van der Waals surface area contributed by atoms with Gasteiger partial charge in [-0.2, -0.15) is 0 Å². The largest absolute Gasteiger partial charge is 0.494 e. The number of rotatable bonds is 9. The summed E-state index contributed by atoms with van der Waals surface area (Å²) in [7, 11) is 3.19. The number of aryl methyl sites for hydroxylation is 1. The van der Waals surface area contributed by atoms with Crippen LogP contribution in [0.1, 0.15) is 18.4 Å². The Hall–Kier alpha value is -2.27. The van der Waals surface area contributed by atoms with Crippen LogP contribution < -0.4 is 9.47 Å². The van der Waals surface area contributed by atoms with Crippen LogP contribution in [0, 0.1) is 5.82 Å². The van der Waals surface area contributed by atoms with Crippen LogP contribution in [-0.4, -0.2) is 38.1 Å². The first kappa shape index (κ1) is 20.0. The predicted molar refractivity (Wildman–Crippen MR) is 100 cm³/mol. The van der Waals surface area contributed by atoms with E-state index in [-0.39, 0.29) is 11.7 Å². The van der Waals surface area contributed by atoms with Crippen molar-refractivity contribution in [3.63, 3.8) is 0 Å². The van der Waals surface area contributed by atoms with Crippen LogP contribution in [-0.2, 0) is 11.2 Å². The molecule has 2 aromatic carbocycles. The highest BCUT2D eigenvalue weighted by molar-refractivity contribution is 6.30. The molecule has 0 aliphatic heterocycles. The van der Waals surface area contributed by atoms with E-state index >= 15 is 0 Å². The van der Waals surface area contributed by atoms with Crippen molar-refractivity contribution in [2.75, 3.05) is 27.3 Å². The molecule has 0 aliphatic rings. The Morgan fingerprint density at radius 1 is 1.19 bits per heavy atom. The fourth-order valence-electron chi connectivity index (χ4n) is 2.45. The molecule has 0 aliphatic carbocycles. The molecule has 2 rings (SSSR count). The number of methoxy groups -OCH3 is 1. The third kappa shape index (κ3) is 6.23. The summed E-state index contributed by atoms with van der Waals surface area (Å²) < 4.78 is 24.2. The third-order valence-corrected chi connectivity index (χ3v) is 4.24. The molecule has 0 atom stereocenters. The molecule has 0 aromatic heterocycles. The lowest BCUT2D eigenvalue weighted by molar-refractivity contribution is -0.129. The number of ether oxygens (including phenoxy) is 2. The molecule has 0 fully saturated rings. The molecule has 0 radical (unpaired) electrons. The Morgan fingerprint density at radius 2 is 1.92 bits per heavy atom. The van der Waals surface area contributed by atoms with E-state index in [4.69, 9.17) is 21.1 Å². The number of benzene rings is 2. The SMILES string of the molecule is COc1ccc(CCC(=O)N(C)CCCOc2ccc(Cl)cc2)cc1F. The van der Waals surface area contributed by atoms with E-state index in [9.17, 15) is 9.18 Å². The predicted octanol–water partition coefficient (Wildman–Crippen LogP) is 4.35. The summed E-state index contributed by atoms with van der Waals surface area (Å²) in [5, 5.41) is 0.666. The lowest BCUT2D eigenvalue weighted by Crippen LogP contribution is -2.28. The molecule has 0 unspecified atom stereocenters. The van der Waals surface area contributed by atoms with E-state index in [2.05, 4.69) is 0 Å². The molecule has 26 heavy (non-hydrogen) atoms. The van der Waals surface area contributed by atoms with Gasteiger partial charge in [-0.3, -0.25) is 4.79 Å². The van der Waals surface area contributed by atoms with Crippen molar-refractivity contribution in [1.29, 1.82) is 0 Å². The summed E-state index contributed by atoms with van der Waals surface area (Å²) in [6.45, 7) is 1.12. The zero-order valence-electron chi connectivity index (χ0n) is 15.0. The standard InChI is InChI=1S/C20H23ClFNO3/c1-23(12-3-13-26-17-8-6-16(21)7-9-17)20(24)11-5-15-4-10-19(25-2)18(22)14-15/h4,6-10,14H,3,5,11-13H2,1-2H3. The van der Waals surface area contributed by atoms with Gasteiger partial charge in [-0.15, -0.1) is 0 Å². The first-order chi connectivity index (χ1) is 12.5. The molecule has 0 bridgehead atoms. The second-order valence-corrected chi connectivity index (χ2v) is 6.38. The number of hydrogen-bond acceptors (Lipinski definition) is 3. The van der Waals surface area contributed by atoms with E-state index in [1.165, 1.54) is 13.2 Å². The molecule has 140 valence electrons. The minimum absolute atomic E-state index is 0.0210. The van der Waals surface area contributed by atoms with Gasteiger partial charge in [-0.05, 0) is 54.8 Å². The summed E-state index contributed by atoms with van der Waals surface area (Å²) in [6.07, 6.45) is 1.55. The van der Waals surface area contributed by atoms with Crippen molar-refractivity contribution in [1.82, 2.24) is 4.90 Å². The summed E-state index contributed by atoms with van der Waals surface area (Å²) in [4.78, 5) is 13.8. The van der Waals surface area contributed by atoms with Crippen molar-refractivity contribution in [2.45, 2.75) is 19.3 Å². The van der Waals surface area contributed by atoms with Crippen LogP contribution in [0.25, 0.3) is 0 Å². The summed E-state index contributed by atoms with van der Waals surface area (Å²) in [5.41, 5.74) is 0.774. The fourth-order valence-corrected chi connectivity index (χ4v) is 2.58. The quantitative estimate of drug-likeness (QED) is 0.608. The molecule has 0 saturated carbocycles. The van der Waals surface area contributed by atoms with Crippen LogP contribution >= 0.6 is 11.6 Å². The van der Waals surface area contributed by atoms with Gasteiger partial charge in [0, 0.05) is 25.0 Å². The van der Waals surface area contributed by atoms with Crippen LogP contribution in [0.15, 0.2) is 42.5 Å². The molecule has 4 nitrogen and oxygen atoms in total. The van der Waals surface area contributed by atoms with Crippen molar-refractivity contribution in [3.05, 3.63) is 58.9 Å². The zero-order valence-corrected chi connectivity index (χ0v) is 15.8. The van der Waals surface area contributed by atoms with Gasteiger partial charge < -0.3 is 14.4 Å². The van der Waals surface area contributed by atoms with E-state index in [0.29, 0.717) is 31.0 Å². The Morgan fingerprint density at radius 3 is 2.58 bits per heavy atom. The maximum absolute atomic E-state index is 13.7. The average molecular weight is 380 g/mol. The van der Waals surface area contributed by atoms with Gasteiger partial charge in [0.25, 0.3) is 0 Å². The minimum atomic E-state index is -0.412. The number of halogens is 2. The van der Waals surface area contributed by atoms with Gasteiger partial charge in [0.2, 0.25) is 5.91 Å². The van der Waals surface area contributed by atoms with Crippen molar-refractivity contribution < 1.29 is 18.7 Å². The summed E-state index contributed by atoms with van der Waals surface area (Å²) >= 11 is 5.82. The molecular formula is C20H23ClFNO3. The van der Waals surface area contributed by atoms with Gasteiger partial charge in [-0.25, -0.2) is 4.39 Å². The van der Waals surface area contributed by atoms with Crippen LogP contribution in [0.2, 0.25) is 5.02 Å². The van der Waals surface area contributed by atoms with Gasteiger partial charge in [0.15, 0.2) is 11.6 Å². The minimum Gasteiger partial charge on any atom is -0.494 e. The second kappa shape index (κ2) is 10.0. The Kier molecular flexibility index (Phi) is 7.73. The zero-order chi connectivity index (χ0) is 18.9. The van der Waals surface area contributed by atoms with E-state index in [1.807, 2.05) is 12.1 Å². The summed E-state index contributed by atoms with van der Waals surface area (Å²) in [6, 6.07) is 11.9. The lowest BCUT2D eigenvalue weighted by Gasteiger charge is -2.17. The lowest BCUT2D eigenvalue weighted by atomic mass is 10.1. The molecule has 2 aromatic rings. The number of hydrogen-bond donors (Lipinski definition) is 0. The highest BCUT2D eigenvalue weighted by Crippen LogP contribution is 2.19. The normalized spacial score (nSPS) is 10.5. The Labute approximate surface area is 158 Å². The van der Waals surface area contributed by atoms with Crippen LogP contribution in [0.4, 0.5) is 4.39 Å². The van der Waals surface area contributed by atoms with Crippen molar-refractivity contribution >= 4 is 17.5 Å². The maximum Gasteiger partial charge on any atom is 0.222 e. The smallest absolute Gasteiger partial charge is 0.222 e. The highest BCUT2D eigenvalue weighted by Gasteiger charge is 2.10. The second-order valence-electron chi connectivity index (χ2n) is 5.94. The van der Waals surface area contributed by atoms with Crippen LogP contribution in [0.3, 0.4) is 0 Å². The highest BCUT2D eigenvalue weighted by atomic mass is 35.5. The molecule has 0 N–H and O–H groups in total. The Bertz CT molecular complexity index is 721. The molecule has 6 heteroatoms. The van der Waals surface area contributed by atoms with E-state index in [0.717, 1.165) is 17.7 Å². The average Bonchev–Trinajstić information content (AvgIpc) is 2.64. The maximum atomic E-state index is 13.7. The monoisotopic (exact) mass is 379 g/mol. The first-order valence-electron chi connectivity index (χ1n) is 8.44. The number of carbonyl (C=O) groups is 1. The van der Waals surface area contributed by atoms with Crippen LogP contribution in [0.5, 0.6) is 11.5 Å². The molecule has 0 spiro atoms. The van der Waals surface area contributed by atoms with E-state index in [1.54, 1.807) is 36.2 Å². The topological polar surface area (TPSA) is 38.8 Å². The number of amides is 1. The first-order valence-corrected chi connectivity index (χ1v) is 8.82. The number of carbonyl (C=O) groups excluding carboxylic acids is 1. The molecule has 1 amide bonds. The molecule has 0 saturated heterocycles. The van der Waals surface area contributed by atoms with E-state index < -0.39 is 5.82 Å². The van der Waals surface area contributed by atoms with Gasteiger partial charge in [-0.1, -0.05) is 17.7 Å². The van der Waals surface area contributed by atoms with Gasteiger partial charge in [0.1, 0.15) is 5.75 Å². The van der Waals surface area contributed by atoms with Crippen molar-refractivity contribution in [2.24, 2.45) is 0 Å². The van der Waals surface area contributed by atoms with Gasteiger partial charge in [0.05, 0.1) is 13.7 Å². The van der Waals surface area contributed by atoms with Crippen molar-refractivity contribution in [3.8, 4) is 11.5 Å². The number of nitrogens with zero attached hydrogens (tertiary/aromatic N) is 1. The molecular weight excluding hydrogens is 357 g/mol.